The number of hydrogen-bond donors (Lipinski definition) is 2. The number of primary amides is 1. The van der Waals surface area contributed by atoms with Crippen molar-refractivity contribution in [2.75, 3.05) is 0 Å². The van der Waals surface area contributed by atoms with Gasteiger partial charge in [0, 0.05) is 5.38 Å². The summed E-state index contributed by atoms with van der Waals surface area (Å²) in [7, 11) is -4.02. The zero-order valence-electron chi connectivity index (χ0n) is 8.17. The third kappa shape index (κ3) is 1.49. The maximum absolute atomic E-state index is 11.4. The number of aryl methyl sites for hydroxylation is 1. The Labute approximate surface area is 94.7 Å². The Morgan fingerprint density at radius 3 is 2.69 bits per heavy atom. The van der Waals surface area contributed by atoms with E-state index in [2.05, 4.69) is 5.10 Å². The Morgan fingerprint density at radius 2 is 2.19 bits per heavy atom. The van der Waals surface area contributed by atoms with Crippen LogP contribution >= 0.6 is 11.3 Å². The molecule has 16 heavy (non-hydrogen) atoms. The number of thiazole rings is 1. The van der Waals surface area contributed by atoms with Crippen LogP contribution in [0.1, 0.15) is 16.2 Å². The van der Waals surface area contributed by atoms with E-state index in [1.807, 2.05) is 0 Å². The fourth-order valence-corrected chi connectivity index (χ4v) is 3.44. The minimum atomic E-state index is -4.02. The van der Waals surface area contributed by atoms with Gasteiger partial charge < -0.3 is 5.73 Å². The first-order valence-corrected chi connectivity index (χ1v) is 6.54. The second kappa shape index (κ2) is 3.27. The number of primary sulfonamides is 1. The predicted octanol–water partition coefficient (Wildman–Crippen LogP) is -0.549. The fourth-order valence-electron chi connectivity index (χ4n) is 1.34. The Balaban J connectivity index is 2.96. The number of amides is 1. The molecule has 0 fully saturated rings. The SMILES string of the molecule is Cc1csc2c(S(N)(=O)=O)c(C(N)=O)nn12. The Morgan fingerprint density at radius 1 is 1.56 bits per heavy atom. The molecule has 2 aromatic heterocycles. The van der Waals surface area contributed by atoms with E-state index in [4.69, 9.17) is 10.9 Å². The van der Waals surface area contributed by atoms with Crippen LogP contribution in [0.2, 0.25) is 0 Å². The lowest BCUT2D eigenvalue weighted by Gasteiger charge is -1.94. The average molecular weight is 260 g/mol. The highest BCUT2D eigenvalue weighted by atomic mass is 32.2. The molecule has 7 nitrogen and oxygen atoms in total. The predicted molar refractivity (Wildman–Crippen MR) is 57.7 cm³/mol. The molecular weight excluding hydrogens is 252 g/mol. The molecule has 0 spiro atoms. The van der Waals surface area contributed by atoms with Gasteiger partial charge in [-0.25, -0.2) is 18.1 Å². The van der Waals surface area contributed by atoms with Crippen LogP contribution in [0.3, 0.4) is 0 Å². The van der Waals surface area contributed by atoms with Crippen molar-refractivity contribution < 1.29 is 13.2 Å². The van der Waals surface area contributed by atoms with Crippen molar-refractivity contribution in [1.82, 2.24) is 9.61 Å². The zero-order chi connectivity index (χ0) is 12.1. The Bertz CT molecular complexity index is 682. The summed E-state index contributed by atoms with van der Waals surface area (Å²) in [6.07, 6.45) is 0. The second-order valence-corrected chi connectivity index (χ2v) is 5.54. The molecule has 9 heteroatoms. The van der Waals surface area contributed by atoms with E-state index < -0.39 is 15.9 Å². The van der Waals surface area contributed by atoms with Crippen LogP contribution in [0.4, 0.5) is 0 Å². The summed E-state index contributed by atoms with van der Waals surface area (Å²) in [5.74, 6) is -0.917. The smallest absolute Gasteiger partial charge is 0.270 e. The highest BCUT2D eigenvalue weighted by Crippen LogP contribution is 2.26. The van der Waals surface area contributed by atoms with Gasteiger partial charge in [-0.3, -0.25) is 4.79 Å². The molecule has 2 rings (SSSR count). The molecule has 1 amide bonds. The lowest BCUT2D eigenvalue weighted by atomic mass is 10.4. The normalized spacial score (nSPS) is 12.1. The maximum Gasteiger partial charge on any atom is 0.270 e. The first-order chi connectivity index (χ1) is 7.32. The molecular formula is C7H8N4O3S2. The summed E-state index contributed by atoms with van der Waals surface area (Å²) < 4.78 is 24.1. The first-order valence-electron chi connectivity index (χ1n) is 4.12. The maximum atomic E-state index is 11.4. The summed E-state index contributed by atoms with van der Waals surface area (Å²) in [4.78, 5) is 11.1. The van der Waals surface area contributed by atoms with Crippen molar-refractivity contribution in [3.05, 3.63) is 16.8 Å². The topological polar surface area (TPSA) is 121 Å². The van der Waals surface area contributed by atoms with Gasteiger partial charge in [0.1, 0.15) is 4.83 Å². The van der Waals surface area contributed by atoms with Gasteiger partial charge in [0.25, 0.3) is 5.91 Å². The van der Waals surface area contributed by atoms with E-state index in [9.17, 15) is 13.2 Å². The molecule has 0 saturated heterocycles. The summed E-state index contributed by atoms with van der Waals surface area (Å²) in [6.45, 7) is 1.73. The number of carbonyl (C=O) groups is 1. The number of carbonyl (C=O) groups excluding carboxylic acids is 1. The minimum Gasteiger partial charge on any atom is -0.364 e. The number of nitrogens with zero attached hydrogens (tertiary/aromatic N) is 2. The molecule has 0 atom stereocenters. The summed E-state index contributed by atoms with van der Waals surface area (Å²) in [5.41, 5.74) is 5.44. The molecule has 86 valence electrons. The van der Waals surface area contributed by atoms with E-state index in [1.165, 1.54) is 4.52 Å². The second-order valence-electron chi connectivity index (χ2n) is 3.18. The van der Waals surface area contributed by atoms with Crippen LogP contribution in [-0.2, 0) is 10.0 Å². The number of rotatable bonds is 2. The van der Waals surface area contributed by atoms with Crippen LogP contribution in [0.5, 0.6) is 0 Å². The lowest BCUT2D eigenvalue weighted by molar-refractivity contribution is 0.0992. The fraction of sp³-hybridized carbons (Fsp3) is 0.143. The minimum absolute atomic E-state index is 0.300. The van der Waals surface area contributed by atoms with Gasteiger partial charge in [-0.15, -0.1) is 11.3 Å². The Hall–Kier alpha value is -1.45. The van der Waals surface area contributed by atoms with Gasteiger partial charge in [-0.2, -0.15) is 5.10 Å². The van der Waals surface area contributed by atoms with Gasteiger partial charge >= 0.3 is 0 Å². The third-order valence-electron chi connectivity index (χ3n) is 1.99. The van der Waals surface area contributed by atoms with Crippen molar-refractivity contribution >= 4 is 32.1 Å². The number of nitrogens with two attached hydrogens (primary N) is 2. The quantitative estimate of drug-likeness (QED) is 0.752. The molecule has 0 bridgehead atoms. The van der Waals surface area contributed by atoms with E-state index in [1.54, 1.807) is 12.3 Å². The van der Waals surface area contributed by atoms with Crippen LogP contribution in [0, 0.1) is 6.92 Å². The summed E-state index contributed by atoms with van der Waals surface area (Å²) in [6, 6.07) is 0. The van der Waals surface area contributed by atoms with E-state index in [0.29, 0.717) is 10.5 Å². The molecule has 0 aliphatic carbocycles. The monoisotopic (exact) mass is 260 g/mol. The molecule has 2 aromatic rings. The molecule has 0 unspecified atom stereocenters. The van der Waals surface area contributed by atoms with Crippen molar-refractivity contribution in [2.45, 2.75) is 11.8 Å². The average Bonchev–Trinajstić information content (AvgIpc) is 2.64. The van der Waals surface area contributed by atoms with Crippen LogP contribution < -0.4 is 10.9 Å². The van der Waals surface area contributed by atoms with Crippen LogP contribution in [0.15, 0.2) is 10.3 Å². The molecule has 0 aliphatic heterocycles. The number of fused-ring (bicyclic) bond motifs is 1. The Kier molecular flexibility index (Phi) is 2.26. The standard InChI is InChI=1S/C7H8N4O3S2/c1-3-2-15-7-5(16(9,13)14)4(6(8)12)10-11(3)7/h2H,1H3,(H2,8,12)(H2,9,13,14). The van der Waals surface area contributed by atoms with Crippen molar-refractivity contribution in [1.29, 1.82) is 0 Å². The van der Waals surface area contributed by atoms with E-state index in [0.717, 1.165) is 11.3 Å². The van der Waals surface area contributed by atoms with Crippen molar-refractivity contribution in [3.8, 4) is 0 Å². The molecule has 0 aromatic carbocycles. The van der Waals surface area contributed by atoms with Gasteiger partial charge in [-0.1, -0.05) is 0 Å². The molecule has 0 saturated carbocycles. The highest BCUT2D eigenvalue weighted by molar-refractivity contribution is 7.89. The first kappa shape index (κ1) is 11.0. The lowest BCUT2D eigenvalue weighted by Crippen LogP contribution is -2.19. The number of aromatic nitrogens is 2. The summed E-state index contributed by atoms with van der Waals surface area (Å²) in [5, 5.41) is 10.6. The van der Waals surface area contributed by atoms with Gasteiger partial charge in [0.05, 0.1) is 5.69 Å². The number of hydrogen-bond acceptors (Lipinski definition) is 5. The summed E-state index contributed by atoms with van der Waals surface area (Å²) >= 11 is 1.14. The molecule has 2 heterocycles. The molecule has 0 aliphatic rings. The van der Waals surface area contributed by atoms with Gasteiger partial charge in [0.2, 0.25) is 10.0 Å². The number of sulfonamides is 1. The zero-order valence-corrected chi connectivity index (χ0v) is 9.80. The van der Waals surface area contributed by atoms with E-state index in [-0.39, 0.29) is 10.6 Å². The van der Waals surface area contributed by atoms with E-state index >= 15 is 0 Å². The third-order valence-corrected chi connectivity index (χ3v) is 4.14. The van der Waals surface area contributed by atoms with Crippen LogP contribution in [0.25, 0.3) is 4.83 Å². The van der Waals surface area contributed by atoms with Crippen molar-refractivity contribution in [3.63, 3.8) is 0 Å². The van der Waals surface area contributed by atoms with Crippen molar-refractivity contribution in [2.24, 2.45) is 10.9 Å². The highest BCUT2D eigenvalue weighted by Gasteiger charge is 2.27. The largest absolute Gasteiger partial charge is 0.364 e. The van der Waals surface area contributed by atoms with Crippen LogP contribution in [-0.4, -0.2) is 23.9 Å². The molecule has 0 radical (unpaired) electrons. The molecule has 4 N–H and O–H groups in total. The van der Waals surface area contributed by atoms with Gasteiger partial charge in [-0.05, 0) is 6.92 Å². The van der Waals surface area contributed by atoms with Gasteiger partial charge in [0.15, 0.2) is 10.6 Å².